The van der Waals surface area contributed by atoms with E-state index in [0.717, 1.165) is 0 Å². The number of aromatic nitrogens is 1. The topological polar surface area (TPSA) is 92.9 Å². The standard InChI is InChI=1S/C13H19ClN2O5/c1-18-2-3-19-4-5-20-6-7-21-13(17)11-8-10(15)9-16-12(11)14/h8-9H,2-7,15H2,1H3. The first-order valence-electron chi connectivity index (χ1n) is 6.37. The van der Waals surface area contributed by atoms with E-state index < -0.39 is 5.97 Å². The number of rotatable bonds is 10. The summed E-state index contributed by atoms with van der Waals surface area (Å²) in [6.45, 7) is 2.33. The SMILES string of the molecule is COCCOCCOCCOC(=O)c1cc(N)cnc1Cl. The summed E-state index contributed by atoms with van der Waals surface area (Å²) in [6.07, 6.45) is 1.37. The van der Waals surface area contributed by atoms with E-state index in [9.17, 15) is 4.79 Å². The van der Waals surface area contributed by atoms with E-state index in [1.165, 1.54) is 12.3 Å². The second-order valence-corrected chi connectivity index (χ2v) is 4.32. The van der Waals surface area contributed by atoms with E-state index in [4.69, 9.17) is 36.3 Å². The Labute approximate surface area is 128 Å². The van der Waals surface area contributed by atoms with Crippen LogP contribution in [0, 0.1) is 0 Å². The third kappa shape index (κ3) is 7.24. The number of hydrogen-bond donors (Lipinski definition) is 1. The van der Waals surface area contributed by atoms with E-state index in [0.29, 0.717) is 32.1 Å². The quantitative estimate of drug-likeness (QED) is 0.393. The van der Waals surface area contributed by atoms with Crippen molar-refractivity contribution < 1.29 is 23.7 Å². The molecule has 0 unspecified atom stereocenters. The molecule has 0 atom stereocenters. The number of pyridine rings is 1. The van der Waals surface area contributed by atoms with Crippen molar-refractivity contribution in [1.82, 2.24) is 4.98 Å². The number of nitrogen functional groups attached to an aromatic ring is 1. The van der Waals surface area contributed by atoms with Crippen molar-refractivity contribution in [3.05, 3.63) is 23.0 Å². The Morgan fingerprint density at radius 1 is 1.19 bits per heavy atom. The molecule has 1 aromatic rings. The van der Waals surface area contributed by atoms with Crippen LogP contribution < -0.4 is 5.73 Å². The van der Waals surface area contributed by atoms with Crippen LogP contribution in [-0.2, 0) is 18.9 Å². The molecule has 8 heteroatoms. The minimum Gasteiger partial charge on any atom is -0.460 e. The second-order valence-electron chi connectivity index (χ2n) is 3.96. The maximum Gasteiger partial charge on any atom is 0.341 e. The molecule has 0 fully saturated rings. The Bertz CT molecular complexity index is 445. The number of hydrogen-bond acceptors (Lipinski definition) is 7. The molecule has 0 aromatic carbocycles. The predicted molar refractivity (Wildman–Crippen MR) is 77.5 cm³/mol. The van der Waals surface area contributed by atoms with Crippen LogP contribution in [-0.4, -0.2) is 57.7 Å². The normalized spacial score (nSPS) is 10.6. The van der Waals surface area contributed by atoms with Crippen molar-refractivity contribution >= 4 is 23.3 Å². The first-order valence-corrected chi connectivity index (χ1v) is 6.75. The van der Waals surface area contributed by atoms with Gasteiger partial charge in [0.1, 0.15) is 11.8 Å². The van der Waals surface area contributed by atoms with Crippen LogP contribution in [0.25, 0.3) is 0 Å². The molecule has 0 aliphatic carbocycles. The van der Waals surface area contributed by atoms with Gasteiger partial charge in [0.25, 0.3) is 0 Å². The zero-order chi connectivity index (χ0) is 15.5. The van der Waals surface area contributed by atoms with E-state index in [2.05, 4.69) is 4.98 Å². The van der Waals surface area contributed by atoms with Gasteiger partial charge in [0.05, 0.1) is 50.5 Å². The minimum atomic E-state index is -0.584. The Morgan fingerprint density at radius 2 is 1.81 bits per heavy atom. The van der Waals surface area contributed by atoms with E-state index in [1.54, 1.807) is 7.11 Å². The lowest BCUT2D eigenvalue weighted by molar-refractivity contribution is 0.00569. The average Bonchev–Trinajstić information content (AvgIpc) is 2.48. The molecular weight excluding hydrogens is 300 g/mol. The monoisotopic (exact) mass is 318 g/mol. The van der Waals surface area contributed by atoms with Gasteiger partial charge < -0.3 is 24.7 Å². The van der Waals surface area contributed by atoms with Gasteiger partial charge in [-0.1, -0.05) is 11.6 Å². The number of nitrogens with two attached hydrogens (primary N) is 1. The van der Waals surface area contributed by atoms with Crippen LogP contribution in [0.1, 0.15) is 10.4 Å². The molecule has 1 aromatic heterocycles. The molecule has 0 saturated heterocycles. The molecule has 1 heterocycles. The van der Waals surface area contributed by atoms with Crippen LogP contribution in [0.15, 0.2) is 12.3 Å². The summed E-state index contributed by atoms with van der Waals surface area (Å²) >= 11 is 5.79. The van der Waals surface area contributed by atoms with E-state index in [1.807, 2.05) is 0 Å². The molecule has 21 heavy (non-hydrogen) atoms. The number of carbonyl (C=O) groups is 1. The van der Waals surface area contributed by atoms with Gasteiger partial charge in [-0.2, -0.15) is 0 Å². The highest BCUT2D eigenvalue weighted by Crippen LogP contribution is 2.16. The van der Waals surface area contributed by atoms with E-state index >= 15 is 0 Å². The van der Waals surface area contributed by atoms with Crippen LogP contribution in [0.3, 0.4) is 0 Å². The molecule has 2 N–H and O–H groups in total. The van der Waals surface area contributed by atoms with Crippen LogP contribution in [0.4, 0.5) is 5.69 Å². The van der Waals surface area contributed by atoms with Crippen LogP contribution >= 0.6 is 11.6 Å². The highest BCUT2D eigenvalue weighted by atomic mass is 35.5. The van der Waals surface area contributed by atoms with Crippen molar-refractivity contribution in [1.29, 1.82) is 0 Å². The van der Waals surface area contributed by atoms with Gasteiger partial charge >= 0.3 is 5.97 Å². The zero-order valence-corrected chi connectivity index (χ0v) is 12.6. The first kappa shape index (κ1) is 17.6. The highest BCUT2D eigenvalue weighted by Gasteiger charge is 2.13. The Balaban J connectivity index is 2.12. The average molecular weight is 319 g/mol. The van der Waals surface area contributed by atoms with Crippen LogP contribution in [0.5, 0.6) is 0 Å². The molecule has 0 spiro atoms. The molecular formula is C13H19ClN2O5. The maximum absolute atomic E-state index is 11.7. The van der Waals surface area contributed by atoms with Gasteiger partial charge in [0.15, 0.2) is 0 Å². The zero-order valence-electron chi connectivity index (χ0n) is 11.8. The minimum absolute atomic E-state index is 0.0571. The van der Waals surface area contributed by atoms with Crippen molar-refractivity contribution in [3.63, 3.8) is 0 Å². The number of ether oxygens (including phenoxy) is 4. The summed E-state index contributed by atoms with van der Waals surface area (Å²) in [6, 6.07) is 1.42. The Kier molecular flexibility index (Phi) is 8.68. The molecule has 118 valence electrons. The van der Waals surface area contributed by atoms with Gasteiger partial charge in [-0.15, -0.1) is 0 Å². The van der Waals surface area contributed by atoms with Crippen molar-refractivity contribution in [2.24, 2.45) is 0 Å². The first-order chi connectivity index (χ1) is 10.1. The van der Waals surface area contributed by atoms with E-state index in [-0.39, 0.29) is 23.9 Å². The fourth-order valence-corrected chi connectivity index (χ4v) is 1.52. The number of anilines is 1. The molecule has 0 aliphatic rings. The Hall–Kier alpha value is -1.41. The lowest BCUT2D eigenvalue weighted by atomic mass is 10.3. The molecule has 7 nitrogen and oxygen atoms in total. The van der Waals surface area contributed by atoms with Gasteiger partial charge in [-0.3, -0.25) is 0 Å². The fraction of sp³-hybridized carbons (Fsp3) is 0.538. The fourth-order valence-electron chi connectivity index (χ4n) is 1.34. The lowest BCUT2D eigenvalue weighted by Crippen LogP contribution is -2.14. The summed E-state index contributed by atoms with van der Waals surface area (Å²) < 4.78 is 20.3. The van der Waals surface area contributed by atoms with Crippen molar-refractivity contribution in [3.8, 4) is 0 Å². The summed E-state index contributed by atoms with van der Waals surface area (Å²) in [5.41, 5.74) is 6.02. The Morgan fingerprint density at radius 3 is 2.48 bits per heavy atom. The van der Waals surface area contributed by atoms with Crippen LogP contribution in [0.2, 0.25) is 5.15 Å². The van der Waals surface area contributed by atoms with Crippen molar-refractivity contribution in [2.75, 3.05) is 52.5 Å². The maximum atomic E-state index is 11.7. The third-order valence-electron chi connectivity index (χ3n) is 2.34. The largest absolute Gasteiger partial charge is 0.460 e. The summed E-state index contributed by atoms with van der Waals surface area (Å²) in [5.74, 6) is -0.584. The molecule has 0 saturated carbocycles. The number of methoxy groups -OCH3 is 1. The molecule has 0 bridgehead atoms. The highest BCUT2D eigenvalue weighted by molar-refractivity contribution is 6.32. The summed E-state index contributed by atoms with van der Waals surface area (Å²) in [4.78, 5) is 15.5. The number of esters is 1. The third-order valence-corrected chi connectivity index (χ3v) is 2.65. The number of halogens is 1. The molecule has 0 amide bonds. The summed E-state index contributed by atoms with van der Waals surface area (Å²) in [5, 5.41) is 0.0571. The van der Waals surface area contributed by atoms with Gasteiger partial charge in [-0.05, 0) is 6.07 Å². The number of nitrogens with zero attached hydrogens (tertiary/aromatic N) is 1. The number of carbonyl (C=O) groups excluding carboxylic acids is 1. The second kappa shape index (κ2) is 10.3. The predicted octanol–water partition coefficient (Wildman–Crippen LogP) is 1.15. The molecule has 0 aliphatic heterocycles. The molecule has 1 rings (SSSR count). The van der Waals surface area contributed by atoms with Gasteiger partial charge in [-0.25, -0.2) is 9.78 Å². The summed E-state index contributed by atoms with van der Waals surface area (Å²) in [7, 11) is 1.61. The molecule has 0 radical (unpaired) electrons. The van der Waals surface area contributed by atoms with Gasteiger partial charge in [0.2, 0.25) is 0 Å². The van der Waals surface area contributed by atoms with Gasteiger partial charge in [0, 0.05) is 7.11 Å². The van der Waals surface area contributed by atoms with Crippen molar-refractivity contribution in [2.45, 2.75) is 0 Å². The smallest absolute Gasteiger partial charge is 0.341 e. The lowest BCUT2D eigenvalue weighted by Gasteiger charge is -2.07.